The molecule has 1 fully saturated rings. The van der Waals surface area contributed by atoms with Crippen molar-refractivity contribution in [3.05, 3.63) is 28.3 Å². The van der Waals surface area contributed by atoms with Crippen molar-refractivity contribution in [3.63, 3.8) is 0 Å². The van der Waals surface area contributed by atoms with Crippen LogP contribution in [0.25, 0.3) is 0 Å². The van der Waals surface area contributed by atoms with Crippen LogP contribution in [0.1, 0.15) is 51.9 Å². The third kappa shape index (κ3) is 6.23. The Balaban J connectivity index is 1.85. The van der Waals surface area contributed by atoms with Crippen molar-refractivity contribution in [2.24, 2.45) is 5.92 Å². The van der Waals surface area contributed by atoms with Gasteiger partial charge < -0.3 is 14.8 Å². The summed E-state index contributed by atoms with van der Waals surface area (Å²) in [7, 11) is 1.35. The second-order valence-electron chi connectivity index (χ2n) is 6.81. The molecule has 8 nitrogen and oxygen atoms in total. The van der Waals surface area contributed by atoms with Gasteiger partial charge in [-0.1, -0.05) is 32.1 Å². The summed E-state index contributed by atoms with van der Waals surface area (Å²) in [5.41, 5.74) is 0.130. The highest BCUT2D eigenvalue weighted by molar-refractivity contribution is 5.96. The van der Waals surface area contributed by atoms with E-state index in [0.717, 1.165) is 19.3 Å². The Morgan fingerprint density at radius 3 is 2.63 bits per heavy atom. The maximum Gasteiger partial charge on any atom is 0.306 e. The van der Waals surface area contributed by atoms with Crippen LogP contribution < -0.4 is 10.1 Å². The average molecular weight is 378 g/mol. The lowest BCUT2D eigenvalue weighted by molar-refractivity contribution is -0.384. The van der Waals surface area contributed by atoms with Crippen molar-refractivity contribution in [2.45, 2.75) is 58.0 Å². The number of hydrogen-bond donors (Lipinski definition) is 1. The highest BCUT2D eigenvalue weighted by Crippen LogP contribution is 2.29. The molecule has 1 saturated carbocycles. The normalized spacial score (nSPS) is 15.6. The molecule has 1 aromatic rings. The van der Waals surface area contributed by atoms with E-state index in [-0.39, 0.29) is 23.1 Å². The SMILES string of the molecule is COc1cc([N+](=O)[O-])ccc1NC(=O)[C@@H](C)OC(=O)CCC1CCCCC1. The highest BCUT2D eigenvalue weighted by Gasteiger charge is 2.21. The fourth-order valence-corrected chi connectivity index (χ4v) is 3.24. The molecule has 2 rings (SSSR count). The highest BCUT2D eigenvalue weighted by atomic mass is 16.6. The van der Waals surface area contributed by atoms with E-state index < -0.39 is 16.9 Å². The Morgan fingerprint density at radius 1 is 1.30 bits per heavy atom. The summed E-state index contributed by atoms with van der Waals surface area (Å²) in [5.74, 6) is -0.180. The van der Waals surface area contributed by atoms with Crippen LogP contribution in [0.15, 0.2) is 18.2 Å². The van der Waals surface area contributed by atoms with E-state index in [4.69, 9.17) is 9.47 Å². The molecule has 0 bridgehead atoms. The number of non-ortho nitro benzene ring substituents is 1. The maximum atomic E-state index is 12.3. The molecule has 1 aliphatic rings. The number of rotatable bonds is 8. The first kappa shape index (κ1) is 20.7. The number of nitro groups is 1. The monoisotopic (exact) mass is 378 g/mol. The van der Waals surface area contributed by atoms with Crippen molar-refractivity contribution in [3.8, 4) is 5.75 Å². The number of carbonyl (C=O) groups is 2. The molecule has 0 unspecified atom stereocenters. The lowest BCUT2D eigenvalue weighted by atomic mass is 9.86. The predicted octanol–water partition coefficient (Wildman–Crippen LogP) is 3.83. The van der Waals surface area contributed by atoms with Crippen molar-refractivity contribution < 1.29 is 24.0 Å². The quantitative estimate of drug-likeness (QED) is 0.418. The third-order valence-electron chi connectivity index (χ3n) is 4.81. The number of anilines is 1. The van der Waals surface area contributed by atoms with Crippen LogP contribution in [-0.4, -0.2) is 30.0 Å². The van der Waals surface area contributed by atoms with Gasteiger partial charge in [0.2, 0.25) is 0 Å². The van der Waals surface area contributed by atoms with Crippen molar-refractivity contribution >= 4 is 23.3 Å². The van der Waals surface area contributed by atoms with Crippen LogP contribution in [-0.2, 0) is 14.3 Å². The van der Waals surface area contributed by atoms with E-state index in [9.17, 15) is 19.7 Å². The molecule has 0 saturated heterocycles. The Bertz CT molecular complexity index is 685. The molecule has 1 N–H and O–H groups in total. The second-order valence-corrected chi connectivity index (χ2v) is 6.81. The van der Waals surface area contributed by atoms with Crippen LogP contribution in [0.3, 0.4) is 0 Å². The molecule has 148 valence electrons. The number of nitrogens with one attached hydrogen (secondary N) is 1. The molecular formula is C19H26N2O6. The molecule has 8 heteroatoms. The van der Waals surface area contributed by atoms with E-state index in [1.165, 1.54) is 51.5 Å². The van der Waals surface area contributed by atoms with Gasteiger partial charge in [0.15, 0.2) is 6.10 Å². The van der Waals surface area contributed by atoms with E-state index >= 15 is 0 Å². The molecule has 1 aliphatic carbocycles. The zero-order chi connectivity index (χ0) is 19.8. The number of nitro benzene ring substituents is 1. The molecule has 0 aromatic heterocycles. The Hall–Kier alpha value is -2.64. The van der Waals surface area contributed by atoms with Gasteiger partial charge in [0, 0.05) is 12.5 Å². The van der Waals surface area contributed by atoms with Crippen molar-refractivity contribution in [1.82, 2.24) is 0 Å². The topological polar surface area (TPSA) is 108 Å². The zero-order valence-corrected chi connectivity index (χ0v) is 15.7. The maximum absolute atomic E-state index is 12.3. The number of carbonyl (C=O) groups excluding carboxylic acids is 2. The standard InChI is InChI=1S/C19H26N2O6/c1-13(27-18(22)11-8-14-6-4-3-5-7-14)19(23)20-16-10-9-15(21(24)25)12-17(16)26-2/h9-10,12-14H,3-8,11H2,1-2H3,(H,20,23)/t13-/m1/s1. The summed E-state index contributed by atoms with van der Waals surface area (Å²) < 4.78 is 10.3. The number of amides is 1. The first-order valence-corrected chi connectivity index (χ1v) is 9.23. The molecule has 1 aromatic carbocycles. The summed E-state index contributed by atoms with van der Waals surface area (Å²) in [6.07, 6.45) is 6.15. The van der Waals surface area contributed by atoms with Crippen molar-refractivity contribution in [2.75, 3.05) is 12.4 Å². The molecule has 0 spiro atoms. The summed E-state index contributed by atoms with van der Waals surface area (Å²) in [5, 5.41) is 13.4. The number of benzene rings is 1. The van der Waals surface area contributed by atoms with E-state index in [0.29, 0.717) is 12.3 Å². The molecule has 1 amide bonds. The summed E-state index contributed by atoms with van der Waals surface area (Å²) in [4.78, 5) is 34.5. The van der Waals surface area contributed by atoms with Gasteiger partial charge in [0.25, 0.3) is 11.6 Å². The predicted molar refractivity (Wildman–Crippen MR) is 99.6 cm³/mol. The number of hydrogen-bond acceptors (Lipinski definition) is 6. The second kappa shape index (κ2) is 9.89. The zero-order valence-electron chi connectivity index (χ0n) is 15.7. The van der Waals surface area contributed by atoms with Crippen LogP contribution in [0.2, 0.25) is 0 Å². The minimum Gasteiger partial charge on any atom is -0.494 e. The largest absolute Gasteiger partial charge is 0.494 e. The fraction of sp³-hybridized carbons (Fsp3) is 0.579. The van der Waals surface area contributed by atoms with Gasteiger partial charge in [-0.05, 0) is 25.3 Å². The van der Waals surface area contributed by atoms with E-state index in [1.54, 1.807) is 0 Å². The van der Waals surface area contributed by atoms with Gasteiger partial charge in [-0.15, -0.1) is 0 Å². The van der Waals surface area contributed by atoms with E-state index in [1.807, 2.05) is 0 Å². The molecule has 27 heavy (non-hydrogen) atoms. The number of esters is 1. The Kier molecular flexibility index (Phi) is 7.57. The molecule has 0 heterocycles. The molecule has 0 radical (unpaired) electrons. The van der Waals surface area contributed by atoms with Crippen LogP contribution >= 0.6 is 0 Å². The van der Waals surface area contributed by atoms with Crippen LogP contribution in [0.5, 0.6) is 5.75 Å². The minimum atomic E-state index is -0.969. The molecule has 0 aliphatic heterocycles. The van der Waals surface area contributed by atoms with Gasteiger partial charge in [0.1, 0.15) is 5.75 Å². The van der Waals surface area contributed by atoms with Gasteiger partial charge in [0.05, 0.1) is 23.8 Å². The van der Waals surface area contributed by atoms with Gasteiger partial charge in [-0.2, -0.15) is 0 Å². The number of ether oxygens (including phenoxy) is 2. The van der Waals surface area contributed by atoms with Crippen LogP contribution in [0.4, 0.5) is 11.4 Å². The minimum absolute atomic E-state index is 0.146. The van der Waals surface area contributed by atoms with Gasteiger partial charge in [-0.25, -0.2) is 0 Å². The lowest BCUT2D eigenvalue weighted by Crippen LogP contribution is -2.30. The van der Waals surface area contributed by atoms with E-state index in [2.05, 4.69) is 5.32 Å². The molecular weight excluding hydrogens is 352 g/mol. The van der Waals surface area contributed by atoms with Crippen molar-refractivity contribution in [1.29, 1.82) is 0 Å². The summed E-state index contributed by atoms with van der Waals surface area (Å²) >= 11 is 0. The van der Waals surface area contributed by atoms with Gasteiger partial charge >= 0.3 is 5.97 Å². The van der Waals surface area contributed by atoms with Gasteiger partial charge in [-0.3, -0.25) is 19.7 Å². The summed E-state index contributed by atoms with van der Waals surface area (Å²) in [6, 6.07) is 3.86. The van der Waals surface area contributed by atoms with Crippen LogP contribution in [0, 0.1) is 16.0 Å². The summed E-state index contributed by atoms with van der Waals surface area (Å²) in [6.45, 7) is 1.49. The number of nitrogens with zero attached hydrogens (tertiary/aromatic N) is 1. The third-order valence-corrected chi connectivity index (χ3v) is 4.81. The average Bonchev–Trinajstić information content (AvgIpc) is 2.67. The first-order valence-electron chi connectivity index (χ1n) is 9.23. The number of methoxy groups -OCH3 is 1. The molecule has 1 atom stereocenters. The Morgan fingerprint density at radius 2 is 2.00 bits per heavy atom. The lowest BCUT2D eigenvalue weighted by Gasteiger charge is -2.21. The fourth-order valence-electron chi connectivity index (χ4n) is 3.24. The Labute approximate surface area is 158 Å². The first-order chi connectivity index (χ1) is 12.9. The smallest absolute Gasteiger partial charge is 0.306 e.